The number of hydrogen-bond acceptors (Lipinski definition) is 3. The molecule has 2 atom stereocenters. The molecule has 36 heavy (non-hydrogen) atoms. The molecule has 186 valence electrons. The number of aryl methyl sites for hydroxylation is 3. The van der Waals surface area contributed by atoms with Gasteiger partial charge in [-0.2, -0.15) is 0 Å². The Labute approximate surface area is 213 Å². The van der Waals surface area contributed by atoms with Crippen molar-refractivity contribution in [1.29, 1.82) is 0 Å². The van der Waals surface area contributed by atoms with Crippen LogP contribution in [0.1, 0.15) is 60.7 Å². The van der Waals surface area contributed by atoms with E-state index in [0.29, 0.717) is 19.6 Å². The Bertz CT molecular complexity index is 1340. The zero-order valence-corrected chi connectivity index (χ0v) is 21.5. The molecule has 5 nitrogen and oxygen atoms in total. The number of hydrogen-bond donors (Lipinski definition) is 0. The van der Waals surface area contributed by atoms with E-state index in [2.05, 4.69) is 67.8 Å². The average molecular weight is 482 g/mol. The molecule has 5 rings (SSSR count). The predicted octanol–water partition coefficient (Wildman–Crippen LogP) is 6.59. The molecular weight excluding hydrogens is 446 g/mol. The smallest absolute Gasteiger partial charge is 0.223 e. The van der Waals surface area contributed by atoms with Crippen molar-refractivity contribution >= 4 is 16.9 Å². The van der Waals surface area contributed by atoms with Gasteiger partial charge in [0.25, 0.3) is 0 Å². The Morgan fingerprint density at radius 2 is 1.75 bits per heavy atom. The van der Waals surface area contributed by atoms with Gasteiger partial charge in [0.2, 0.25) is 5.91 Å². The van der Waals surface area contributed by atoms with Crippen molar-refractivity contribution in [3.8, 4) is 5.75 Å². The van der Waals surface area contributed by atoms with Crippen LogP contribution in [-0.4, -0.2) is 33.5 Å². The normalized spacial score (nSPS) is 16.6. The van der Waals surface area contributed by atoms with E-state index >= 15 is 0 Å². The number of nitrogens with zero attached hydrogens (tertiary/aromatic N) is 3. The van der Waals surface area contributed by atoms with Gasteiger partial charge in [0.05, 0.1) is 23.7 Å². The summed E-state index contributed by atoms with van der Waals surface area (Å²) in [5.74, 6) is 2.27. The van der Waals surface area contributed by atoms with Gasteiger partial charge in [-0.15, -0.1) is 0 Å². The van der Waals surface area contributed by atoms with E-state index in [9.17, 15) is 4.79 Å². The molecule has 2 heterocycles. The molecule has 0 radical (unpaired) electrons. The number of para-hydroxylation sites is 2. The highest BCUT2D eigenvalue weighted by atomic mass is 16.5. The molecule has 4 aromatic rings. The molecule has 1 aromatic heterocycles. The first kappa shape index (κ1) is 24.1. The number of aromatic nitrogens is 2. The minimum absolute atomic E-state index is 0.0593. The molecule has 0 bridgehead atoms. The average Bonchev–Trinajstić information content (AvgIpc) is 3.46. The highest BCUT2D eigenvalue weighted by Crippen LogP contribution is 2.35. The number of benzene rings is 3. The standard InChI is InChI=1S/C31H35N3O2/c1-22-15-16-27(19-23(22)2)36-18-10-9-17-33-29-14-8-7-13-28(29)32-31(33)26-20-30(35)34(21-26)24(3)25-11-5-4-6-12-25/h4-8,11-16,19,24,26H,9-10,17-18,20-21H2,1-3H3. The Morgan fingerprint density at radius 3 is 2.56 bits per heavy atom. The van der Waals surface area contributed by atoms with Gasteiger partial charge < -0.3 is 14.2 Å². The van der Waals surface area contributed by atoms with E-state index in [0.717, 1.165) is 42.0 Å². The molecule has 0 N–H and O–H groups in total. The van der Waals surface area contributed by atoms with Gasteiger partial charge in [0.1, 0.15) is 11.6 Å². The number of carbonyl (C=O) groups is 1. The molecule has 0 saturated carbocycles. The van der Waals surface area contributed by atoms with E-state index in [1.807, 2.05) is 35.2 Å². The number of fused-ring (bicyclic) bond motifs is 1. The second-order valence-corrected chi connectivity index (χ2v) is 9.95. The summed E-state index contributed by atoms with van der Waals surface area (Å²) in [6, 6.07) is 24.9. The molecular formula is C31H35N3O2. The van der Waals surface area contributed by atoms with E-state index in [4.69, 9.17) is 9.72 Å². The van der Waals surface area contributed by atoms with Crippen molar-refractivity contribution < 1.29 is 9.53 Å². The Hall–Kier alpha value is -3.60. The van der Waals surface area contributed by atoms with Crippen molar-refractivity contribution in [2.75, 3.05) is 13.2 Å². The summed E-state index contributed by atoms with van der Waals surface area (Å²) in [4.78, 5) is 20.1. The van der Waals surface area contributed by atoms with Crippen LogP contribution in [0.3, 0.4) is 0 Å². The summed E-state index contributed by atoms with van der Waals surface area (Å²) < 4.78 is 8.33. The van der Waals surface area contributed by atoms with Gasteiger partial charge >= 0.3 is 0 Å². The predicted molar refractivity (Wildman–Crippen MR) is 144 cm³/mol. The van der Waals surface area contributed by atoms with Crippen molar-refractivity contribution in [3.63, 3.8) is 0 Å². The molecule has 1 saturated heterocycles. The Morgan fingerprint density at radius 1 is 0.972 bits per heavy atom. The van der Waals surface area contributed by atoms with Gasteiger partial charge in [-0.1, -0.05) is 48.5 Å². The number of rotatable bonds is 9. The Kier molecular flexibility index (Phi) is 7.08. The first-order valence-corrected chi connectivity index (χ1v) is 13.0. The number of carbonyl (C=O) groups excluding carboxylic acids is 1. The highest BCUT2D eigenvalue weighted by molar-refractivity contribution is 5.81. The quantitative estimate of drug-likeness (QED) is 0.253. The van der Waals surface area contributed by atoms with Gasteiger partial charge in [0, 0.05) is 25.4 Å². The van der Waals surface area contributed by atoms with Crippen molar-refractivity contribution in [1.82, 2.24) is 14.5 Å². The summed E-state index contributed by atoms with van der Waals surface area (Å²) in [5, 5.41) is 0. The summed E-state index contributed by atoms with van der Waals surface area (Å²) in [5.41, 5.74) is 5.85. The third kappa shape index (κ3) is 5.01. The molecule has 3 aromatic carbocycles. The minimum atomic E-state index is 0.0593. The number of imidazole rings is 1. The van der Waals surface area contributed by atoms with Crippen LogP contribution in [0.15, 0.2) is 72.8 Å². The maximum atomic E-state index is 13.1. The number of ether oxygens (including phenoxy) is 1. The summed E-state index contributed by atoms with van der Waals surface area (Å²) in [6.45, 7) is 8.61. The lowest BCUT2D eigenvalue weighted by Crippen LogP contribution is -2.28. The van der Waals surface area contributed by atoms with Crippen LogP contribution in [0.2, 0.25) is 0 Å². The van der Waals surface area contributed by atoms with E-state index in [-0.39, 0.29) is 17.9 Å². The monoisotopic (exact) mass is 481 g/mol. The lowest BCUT2D eigenvalue weighted by molar-refractivity contribution is -0.129. The molecule has 0 spiro atoms. The first-order chi connectivity index (χ1) is 17.5. The fourth-order valence-corrected chi connectivity index (χ4v) is 5.20. The molecule has 0 aliphatic carbocycles. The van der Waals surface area contributed by atoms with Gasteiger partial charge in [-0.05, 0) is 74.6 Å². The van der Waals surface area contributed by atoms with E-state index < -0.39 is 0 Å². The van der Waals surface area contributed by atoms with Crippen molar-refractivity contribution in [2.24, 2.45) is 0 Å². The van der Waals surface area contributed by atoms with Crippen LogP contribution in [0, 0.1) is 13.8 Å². The van der Waals surface area contributed by atoms with Crippen LogP contribution in [0.25, 0.3) is 11.0 Å². The minimum Gasteiger partial charge on any atom is -0.494 e. The van der Waals surface area contributed by atoms with Crippen LogP contribution in [0.4, 0.5) is 0 Å². The number of amides is 1. The summed E-state index contributed by atoms with van der Waals surface area (Å²) in [6.07, 6.45) is 2.46. The number of unbranched alkanes of at least 4 members (excludes halogenated alkanes) is 1. The first-order valence-electron chi connectivity index (χ1n) is 13.0. The molecule has 1 aliphatic heterocycles. The molecule has 1 aliphatic rings. The lowest BCUT2D eigenvalue weighted by atomic mass is 10.1. The summed E-state index contributed by atoms with van der Waals surface area (Å²) >= 11 is 0. The van der Waals surface area contributed by atoms with Gasteiger partial charge in [-0.3, -0.25) is 4.79 Å². The maximum Gasteiger partial charge on any atom is 0.223 e. The van der Waals surface area contributed by atoms with Crippen molar-refractivity contribution in [2.45, 2.75) is 58.5 Å². The Balaban J connectivity index is 1.27. The molecule has 1 fully saturated rings. The molecule has 5 heteroatoms. The van der Waals surface area contributed by atoms with Gasteiger partial charge in [-0.25, -0.2) is 4.98 Å². The fraction of sp³-hybridized carbons (Fsp3) is 0.355. The molecule has 1 amide bonds. The topological polar surface area (TPSA) is 47.4 Å². The SMILES string of the molecule is Cc1ccc(OCCCCn2c(C3CC(=O)N(C(C)c4ccccc4)C3)nc3ccccc32)cc1C. The van der Waals surface area contributed by atoms with E-state index in [1.54, 1.807) is 0 Å². The molecule has 2 unspecified atom stereocenters. The third-order valence-electron chi connectivity index (χ3n) is 7.48. The zero-order chi connectivity index (χ0) is 25.1. The highest BCUT2D eigenvalue weighted by Gasteiger charge is 2.36. The second kappa shape index (κ2) is 10.6. The van der Waals surface area contributed by atoms with Crippen molar-refractivity contribution in [3.05, 3.63) is 95.3 Å². The largest absolute Gasteiger partial charge is 0.494 e. The van der Waals surface area contributed by atoms with Crippen LogP contribution in [0.5, 0.6) is 5.75 Å². The van der Waals surface area contributed by atoms with Crippen LogP contribution in [-0.2, 0) is 11.3 Å². The maximum absolute atomic E-state index is 13.1. The second-order valence-electron chi connectivity index (χ2n) is 9.95. The van der Waals surface area contributed by atoms with Crippen LogP contribution >= 0.6 is 0 Å². The van der Waals surface area contributed by atoms with E-state index in [1.165, 1.54) is 16.7 Å². The number of likely N-dealkylation sites (tertiary alicyclic amines) is 1. The fourth-order valence-electron chi connectivity index (χ4n) is 5.20. The van der Waals surface area contributed by atoms with Crippen LogP contribution < -0.4 is 4.74 Å². The summed E-state index contributed by atoms with van der Waals surface area (Å²) in [7, 11) is 0. The zero-order valence-electron chi connectivity index (χ0n) is 21.5. The lowest BCUT2D eigenvalue weighted by Gasteiger charge is -2.25. The third-order valence-corrected chi connectivity index (χ3v) is 7.48. The van der Waals surface area contributed by atoms with Gasteiger partial charge in [0.15, 0.2) is 0 Å².